The van der Waals surface area contributed by atoms with Gasteiger partial charge in [-0.1, -0.05) is 53.5 Å². The molecule has 0 aliphatic carbocycles. The third kappa shape index (κ3) is 7.19. The number of carbonyl (C=O) groups excluding carboxylic acids is 1. The summed E-state index contributed by atoms with van der Waals surface area (Å²) in [5.41, 5.74) is 1.66. The van der Waals surface area contributed by atoms with E-state index in [1.54, 1.807) is 60.7 Å². The van der Waals surface area contributed by atoms with Crippen molar-refractivity contribution in [3.63, 3.8) is 0 Å². The van der Waals surface area contributed by atoms with Gasteiger partial charge in [0.05, 0.1) is 12.1 Å². The summed E-state index contributed by atoms with van der Waals surface area (Å²) in [7, 11) is 1.47. The molecule has 0 aromatic heterocycles. The molecule has 3 aromatic carbocycles. The number of methoxy groups -OCH3 is 1. The van der Waals surface area contributed by atoms with Gasteiger partial charge in [-0.2, -0.15) is 5.26 Å². The predicted octanol–water partition coefficient (Wildman–Crippen LogP) is 7.34. The molecule has 9 heteroatoms. The molecule has 0 heterocycles. The van der Waals surface area contributed by atoms with Crippen LogP contribution in [0, 0.1) is 11.3 Å². The summed E-state index contributed by atoms with van der Waals surface area (Å²) in [5.74, 6) is 0.709. The van der Waals surface area contributed by atoms with Gasteiger partial charge in [-0.25, -0.2) is 0 Å². The average molecular weight is 544 g/mol. The van der Waals surface area contributed by atoms with Crippen molar-refractivity contribution in [1.82, 2.24) is 0 Å². The fourth-order valence-corrected chi connectivity index (χ4v) is 3.79. The Balaban J connectivity index is 1.68. The Kier molecular flexibility index (Phi) is 9.66. The summed E-state index contributed by atoms with van der Waals surface area (Å²) in [5, 5.41) is 13.6. The zero-order chi connectivity index (χ0) is 26.1. The number of carbonyl (C=O) groups is 1. The molecule has 0 unspecified atom stereocenters. The third-order valence-electron chi connectivity index (χ3n) is 4.80. The zero-order valence-electron chi connectivity index (χ0n) is 19.2. The van der Waals surface area contributed by atoms with Gasteiger partial charge in [0.15, 0.2) is 11.5 Å². The summed E-state index contributed by atoms with van der Waals surface area (Å²) in [6, 6.07) is 17.0. The van der Waals surface area contributed by atoms with E-state index in [-0.39, 0.29) is 23.8 Å². The minimum atomic E-state index is -0.582. The molecule has 0 bridgehead atoms. The van der Waals surface area contributed by atoms with Crippen molar-refractivity contribution in [2.45, 2.75) is 6.61 Å². The number of nitrogens with one attached hydrogen (secondary N) is 1. The van der Waals surface area contributed by atoms with Crippen LogP contribution in [-0.2, 0) is 11.4 Å². The van der Waals surface area contributed by atoms with Gasteiger partial charge in [-0.05, 0) is 60.2 Å². The van der Waals surface area contributed by atoms with Crippen LogP contribution in [0.4, 0.5) is 5.69 Å². The summed E-state index contributed by atoms with van der Waals surface area (Å²) in [6.07, 6.45) is 2.99. The van der Waals surface area contributed by atoms with E-state index in [4.69, 9.17) is 49.0 Å². The second kappa shape index (κ2) is 12.9. The molecular formula is C27H21Cl3N2O4. The first-order valence-corrected chi connectivity index (χ1v) is 11.7. The molecule has 1 N–H and O–H groups in total. The predicted molar refractivity (Wildman–Crippen MR) is 143 cm³/mol. The van der Waals surface area contributed by atoms with E-state index in [1.165, 1.54) is 13.2 Å². The van der Waals surface area contributed by atoms with Gasteiger partial charge in [0.1, 0.15) is 30.6 Å². The van der Waals surface area contributed by atoms with Gasteiger partial charge in [-0.15, -0.1) is 0 Å². The third-order valence-corrected chi connectivity index (χ3v) is 5.66. The molecule has 3 rings (SSSR count). The van der Waals surface area contributed by atoms with Gasteiger partial charge in [0.25, 0.3) is 5.91 Å². The number of ether oxygens (including phenoxy) is 3. The Bertz CT molecular complexity index is 1330. The largest absolute Gasteiger partial charge is 0.493 e. The molecule has 0 aliphatic heterocycles. The number of hydrogen-bond acceptors (Lipinski definition) is 5. The average Bonchev–Trinajstić information content (AvgIpc) is 2.86. The van der Waals surface area contributed by atoms with Gasteiger partial charge >= 0.3 is 0 Å². The van der Waals surface area contributed by atoms with Gasteiger partial charge < -0.3 is 19.5 Å². The monoisotopic (exact) mass is 542 g/mol. The van der Waals surface area contributed by atoms with Crippen molar-refractivity contribution in [3.05, 3.63) is 99.0 Å². The Labute approximate surface area is 224 Å². The number of nitrogens with zero attached hydrogens (tertiary/aromatic N) is 1. The van der Waals surface area contributed by atoms with Crippen molar-refractivity contribution in [2.75, 3.05) is 19.0 Å². The van der Waals surface area contributed by atoms with Crippen LogP contribution in [0.25, 0.3) is 6.08 Å². The molecule has 3 aromatic rings. The topological polar surface area (TPSA) is 80.6 Å². The minimum Gasteiger partial charge on any atom is -0.493 e. The van der Waals surface area contributed by atoms with Gasteiger partial charge in [0, 0.05) is 21.3 Å². The van der Waals surface area contributed by atoms with E-state index in [0.717, 1.165) is 5.56 Å². The van der Waals surface area contributed by atoms with Crippen LogP contribution in [0.3, 0.4) is 0 Å². The second-order valence-electron chi connectivity index (χ2n) is 7.31. The van der Waals surface area contributed by atoms with Crippen LogP contribution in [0.2, 0.25) is 15.1 Å². The first kappa shape index (κ1) is 27.0. The molecule has 36 heavy (non-hydrogen) atoms. The van der Waals surface area contributed by atoms with E-state index < -0.39 is 5.91 Å². The Hall–Kier alpha value is -3.63. The van der Waals surface area contributed by atoms with Crippen LogP contribution in [0.5, 0.6) is 17.2 Å². The number of nitriles is 1. The van der Waals surface area contributed by atoms with Crippen LogP contribution in [-0.4, -0.2) is 19.6 Å². The Morgan fingerprint density at radius 2 is 1.81 bits per heavy atom. The number of benzene rings is 3. The second-order valence-corrected chi connectivity index (χ2v) is 8.56. The highest BCUT2D eigenvalue weighted by molar-refractivity contribution is 6.35. The standard InChI is InChI=1S/C27H21Cl3N2O4/c1-3-10-35-26-24(30)12-17(13-25(26)34-2)11-19(15-31)27(33)32-21-6-8-22(9-7-21)36-16-18-4-5-20(28)14-23(18)29/h3-9,11-14H,1,10,16H2,2H3,(H,32,33)/b19-11+. The van der Waals surface area contributed by atoms with E-state index in [0.29, 0.717) is 38.5 Å². The number of halogens is 3. The maximum atomic E-state index is 12.7. The van der Waals surface area contributed by atoms with Crippen LogP contribution < -0.4 is 19.5 Å². The van der Waals surface area contributed by atoms with E-state index in [9.17, 15) is 10.1 Å². The van der Waals surface area contributed by atoms with Gasteiger partial charge in [0.2, 0.25) is 0 Å². The SMILES string of the molecule is C=CCOc1c(Cl)cc(/C=C(\C#N)C(=O)Nc2ccc(OCc3ccc(Cl)cc3Cl)cc2)cc1OC. The highest BCUT2D eigenvalue weighted by Crippen LogP contribution is 2.37. The number of rotatable bonds is 10. The van der Waals surface area contributed by atoms with Crippen LogP contribution in [0.15, 0.2) is 72.8 Å². The first-order chi connectivity index (χ1) is 17.3. The fourth-order valence-electron chi connectivity index (χ4n) is 3.05. The quantitative estimate of drug-likeness (QED) is 0.164. The van der Waals surface area contributed by atoms with Crippen molar-refractivity contribution in [3.8, 4) is 23.3 Å². The summed E-state index contributed by atoms with van der Waals surface area (Å²) in [4.78, 5) is 12.7. The molecule has 0 atom stereocenters. The molecule has 0 radical (unpaired) electrons. The normalized spacial score (nSPS) is 10.8. The number of anilines is 1. The van der Waals surface area contributed by atoms with E-state index in [2.05, 4.69) is 11.9 Å². The minimum absolute atomic E-state index is 0.120. The molecule has 0 fully saturated rings. The van der Waals surface area contributed by atoms with Crippen molar-refractivity contribution in [2.24, 2.45) is 0 Å². The molecule has 0 spiro atoms. The number of amides is 1. The first-order valence-electron chi connectivity index (χ1n) is 10.6. The lowest BCUT2D eigenvalue weighted by atomic mass is 10.1. The highest BCUT2D eigenvalue weighted by atomic mass is 35.5. The zero-order valence-corrected chi connectivity index (χ0v) is 21.5. The fraction of sp³-hybridized carbons (Fsp3) is 0.111. The molecular weight excluding hydrogens is 523 g/mol. The maximum Gasteiger partial charge on any atom is 0.266 e. The summed E-state index contributed by atoms with van der Waals surface area (Å²) < 4.78 is 16.6. The molecule has 0 saturated heterocycles. The molecule has 6 nitrogen and oxygen atoms in total. The van der Waals surface area contributed by atoms with Crippen LogP contribution >= 0.6 is 34.8 Å². The summed E-state index contributed by atoms with van der Waals surface area (Å²) in [6.45, 7) is 4.10. The van der Waals surface area contributed by atoms with Crippen molar-refractivity contribution >= 4 is 52.5 Å². The van der Waals surface area contributed by atoms with Crippen LogP contribution in [0.1, 0.15) is 11.1 Å². The van der Waals surface area contributed by atoms with Crippen molar-refractivity contribution in [1.29, 1.82) is 5.26 Å². The smallest absolute Gasteiger partial charge is 0.266 e. The lowest BCUT2D eigenvalue weighted by molar-refractivity contribution is -0.112. The Morgan fingerprint density at radius 3 is 2.44 bits per heavy atom. The lowest BCUT2D eigenvalue weighted by Gasteiger charge is -2.12. The molecule has 184 valence electrons. The molecule has 1 amide bonds. The molecule has 0 aliphatic rings. The molecule has 0 saturated carbocycles. The van der Waals surface area contributed by atoms with Gasteiger partial charge in [-0.3, -0.25) is 4.79 Å². The van der Waals surface area contributed by atoms with E-state index in [1.807, 2.05) is 6.07 Å². The number of hydrogen-bond donors (Lipinski definition) is 1. The summed E-state index contributed by atoms with van der Waals surface area (Å²) >= 11 is 18.4. The highest BCUT2D eigenvalue weighted by Gasteiger charge is 2.14. The lowest BCUT2D eigenvalue weighted by Crippen LogP contribution is -2.13. The van der Waals surface area contributed by atoms with Crippen molar-refractivity contribution < 1.29 is 19.0 Å². The maximum absolute atomic E-state index is 12.7. The van der Waals surface area contributed by atoms with E-state index >= 15 is 0 Å². The Morgan fingerprint density at radius 1 is 1.06 bits per heavy atom.